The summed E-state index contributed by atoms with van der Waals surface area (Å²) >= 11 is 5.91. The maximum Gasteiger partial charge on any atom is 0.416 e. The smallest absolute Gasteiger partial charge is 0.350 e. The minimum atomic E-state index is -4.69. The summed E-state index contributed by atoms with van der Waals surface area (Å²) < 4.78 is 39.7. The molecule has 0 spiro atoms. The summed E-state index contributed by atoms with van der Waals surface area (Å²) in [5.41, 5.74) is -0.478. The molecule has 1 fully saturated rings. The lowest BCUT2D eigenvalue weighted by Crippen LogP contribution is -2.43. The van der Waals surface area contributed by atoms with Gasteiger partial charge >= 0.3 is 12.2 Å². The Balaban J connectivity index is 1.57. The van der Waals surface area contributed by atoms with Gasteiger partial charge in [0.25, 0.3) is 5.91 Å². The first-order valence-corrected chi connectivity index (χ1v) is 12.1. The zero-order valence-corrected chi connectivity index (χ0v) is 21.2. The predicted octanol–water partition coefficient (Wildman–Crippen LogP) is 4.01. The number of likely N-dealkylation sites (tertiary alicyclic amines) is 1. The molecule has 1 saturated heterocycles. The van der Waals surface area contributed by atoms with Crippen LogP contribution in [0.3, 0.4) is 0 Å². The van der Waals surface area contributed by atoms with Crippen molar-refractivity contribution >= 4 is 35.1 Å². The molecule has 0 aromatic heterocycles. The molecule has 4 N–H and O–H groups in total. The molecule has 1 atom stereocenters. The number of urea groups is 1. The second kappa shape index (κ2) is 12.3. The van der Waals surface area contributed by atoms with Crippen LogP contribution in [-0.2, 0) is 17.5 Å². The van der Waals surface area contributed by atoms with Crippen LogP contribution >= 0.6 is 11.6 Å². The molecular weight excluding hydrogens is 511 g/mol. The summed E-state index contributed by atoms with van der Waals surface area (Å²) in [6.45, 7) is 5.09. The molecule has 1 heterocycles. The number of benzene rings is 2. The fourth-order valence-corrected chi connectivity index (χ4v) is 4.04. The number of amides is 4. The molecule has 4 amide bonds. The Bertz CT molecular complexity index is 1130. The van der Waals surface area contributed by atoms with Gasteiger partial charge in [-0.1, -0.05) is 23.7 Å². The molecule has 0 saturated carbocycles. The van der Waals surface area contributed by atoms with E-state index < -0.39 is 41.7 Å². The molecule has 2 aromatic rings. The first kappa shape index (κ1) is 28.3. The Morgan fingerprint density at radius 2 is 1.81 bits per heavy atom. The molecule has 0 radical (unpaired) electrons. The third-order valence-corrected chi connectivity index (χ3v) is 5.88. The Labute approximate surface area is 217 Å². The number of hydrogen-bond acceptors (Lipinski definition) is 4. The van der Waals surface area contributed by atoms with E-state index in [0.717, 1.165) is 30.7 Å². The molecule has 0 bridgehead atoms. The number of anilines is 1. The molecule has 2 aromatic carbocycles. The van der Waals surface area contributed by atoms with Crippen LogP contribution in [0.4, 0.5) is 23.7 Å². The van der Waals surface area contributed by atoms with Crippen molar-refractivity contribution < 1.29 is 27.6 Å². The van der Waals surface area contributed by atoms with Crippen molar-refractivity contribution in [1.82, 2.24) is 20.9 Å². The topological polar surface area (TPSA) is 103 Å². The van der Waals surface area contributed by atoms with Gasteiger partial charge < -0.3 is 21.3 Å². The van der Waals surface area contributed by atoms with Crippen molar-refractivity contribution in [3.05, 3.63) is 64.2 Å². The number of carbonyl (C=O) groups excluding carboxylic acids is 3. The second-order valence-electron chi connectivity index (χ2n) is 9.11. The van der Waals surface area contributed by atoms with Crippen LogP contribution in [0.2, 0.25) is 5.02 Å². The number of carbonyl (C=O) groups is 3. The van der Waals surface area contributed by atoms with E-state index in [1.54, 1.807) is 13.8 Å². The van der Waals surface area contributed by atoms with E-state index in [-0.39, 0.29) is 17.8 Å². The summed E-state index contributed by atoms with van der Waals surface area (Å²) in [6.07, 6.45) is -3.97. The molecule has 200 valence electrons. The van der Waals surface area contributed by atoms with Gasteiger partial charge in [0, 0.05) is 36.7 Å². The van der Waals surface area contributed by atoms with E-state index in [9.17, 15) is 27.6 Å². The van der Waals surface area contributed by atoms with Gasteiger partial charge in [-0.15, -0.1) is 0 Å². The molecule has 0 aliphatic carbocycles. The first-order chi connectivity index (χ1) is 17.4. The molecule has 1 aliphatic rings. The van der Waals surface area contributed by atoms with Crippen LogP contribution < -0.4 is 21.3 Å². The number of halogens is 4. The van der Waals surface area contributed by atoms with E-state index in [4.69, 9.17) is 11.6 Å². The monoisotopic (exact) mass is 539 g/mol. The lowest BCUT2D eigenvalue weighted by Gasteiger charge is -2.18. The van der Waals surface area contributed by atoms with Crippen molar-refractivity contribution in [3.63, 3.8) is 0 Å². The highest BCUT2D eigenvalue weighted by Crippen LogP contribution is 2.32. The summed E-state index contributed by atoms with van der Waals surface area (Å²) in [5.74, 6) is -1.39. The lowest BCUT2D eigenvalue weighted by molar-refractivity contribution is -0.137. The van der Waals surface area contributed by atoms with Crippen LogP contribution in [0.25, 0.3) is 0 Å². The second-order valence-corrected chi connectivity index (χ2v) is 9.55. The summed E-state index contributed by atoms with van der Waals surface area (Å²) in [4.78, 5) is 39.4. The van der Waals surface area contributed by atoms with Crippen LogP contribution in [0.5, 0.6) is 0 Å². The van der Waals surface area contributed by atoms with Gasteiger partial charge in [-0.25, -0.2) is 4.79 Å². The van der Waals surface area contributed by atoms with Gasteiger partial charge in [-0.05, 0) is 56.2 Å². The largest absolute Gasteiger partial charge is 0.416 e. The molecule has 37 heavy (non-hydrogen) atoms. The normalized spacial score (nSPS) is 15.9. The van der Waals surface area contributed by atoms with Crippen molar-refractivity contribution in [1.29, 1.82) is 0 Å². The number of nitrogens with one attached hydrogen (secondary N) is 4. The maximum absolute atomic E-state index is 13.2. The third-order valence-electron chi connectivity index (χ3n) is 5.63. The van der Waals surface area contributed by atoms with Crippen molar-refractivity contribution in [2.45, 2.75) is 45.1 Å². The van der Waals surface area contributed by atoms with Crippen LogP contribution in [-0.4, -0.2) is 54.5 Å². The number of alkyl halides is 3. The fraction of sp³-hybridized carbons (Fsp3) is 0.400. The van der Waals surface area contributed by atoms with Crippen LogP contribution in [0, 0.1) is 0 Å². The van der Waals surface area contributed by atoms with Gasteiger partial charge in [-0.2, -0.15) is 13.2 Å². The average Bonchev–Trinajstić information content (AvgIpc) is 3.24. The van der Waals surface area contributed by atoms with E-state index in [1.807, 2.05) is 24.3 Å². The molecule has 8 nitrogen and oxygen atoms in total. The summed E-state index contributed by atoms with van der Waals surface area (Å²) in [7, 11) is 0. The van der Waals surface area contributed by atoms with Gasteiger partial charge in [0.1, 0.15) is 0 Å². The average molecular weight is 540 g/mol. The van der Waals surface area contributed by atoms with Crippen molar-refractivity contribution in [3.8, 4) is 0 Å². The minimum Gasteiger partial charge on any atom is -0.350 e. The van der Waals surface area contributed by atoms with Gasteiger partial charge in [0.2, 0.25) is 5.91 Å². The van der Waals surface area contributed by atoms with Crippen LogP contribution in [0.15, 0.2) is 42.5 Å². The minimum absolute atomic E-state index is 0.113. The third kappa shape index (κ3) is 8.64. The Morgan fingerprint density at radius 3 is 2.46 bits per heavy atom. The number of nitrogens with zero attached hydrogens (tertiary/aromatic N) is 1. The van der Waals surface area contributed by atoms with E-state index in [0.29, 0.717) is 24.2 Å². The Morgan fingerprint density at radius 1 is 1.11 bits per heavy atom. The molecule has 12 heteroatoms. The van der Waals surface area contributed by atoms with E-state index >= 15 is 0 Å². The summed E-state index contributed by atoms with van der Waals surface area (Å²) in [5, 5.41) is 10.8. The lowest BCUT2D eigenvalue weighted by atomic mass is 10.1. The first-order valence-electron chi connectivity index (χ1n) is 11.7. The zero-order valence-electron chi connectivity index (χ0n) is 20.4. The maximum atomic E-state index is 13.2. The van der Waals surface area contributed by atoms with Crippen molar-refractivity contribution in [2.24, 2.45) is 0 Å². The Kier molecular flexibility index (Phi) is 9.39. The summed E-state index contributed by atoms with van der Waals surface area (Å²) in [6, 6.07) is 8.90. The van der Waals surface area contributed by atoms with Gasteiger partial charge in [-0.3, -0.25) is 14.5 Å². The number of hydrogen-bond donors (Lipinski definition) is 4. The SMILES string of the molecule is CC(C)NC(=O)Nc1ccc(C(F)(F)F)cc1C(=O)NCC(=O)N[C@H]1CCN(Cc2ccc(Cl)cc2)C1. The van der Waals surface area contributed by atoms with Gasteiger partial charge in [0.05, 0.1) is 23.4 Å². The fourth-order valence-electron chi connectivity index (χ4n) is 3.91. The highest BCUT2D eigenvalue weighted by Gasteiger charge is 2.32. The number of rotatable bonds is 8. The predicted molar refractivity (Wildman–Crippen MR) is 134 cm³/mol. The van der Waals surface area contributed by atoms with Crippen molar-refractivity contribution in [2.75, 3.05) is 25.0 Å². The quantitative estimate of drug-likeness (QED) is 0.407. The van der Waals surface area contributed by atoms with E-state index in [2.05, 4.69) is 26.2 Å². The Hall–Kier alpha value is -3.31. The highest BCUT2D eigenvalue weighted by atomic mass is 35.5. The van der Waals surface area contributed by atoms with E-state index in [1.165, 1.54) is 0 Å². The zero-order chi connectivity index (χ0) is 27.2. The van der Waals surface area contributed by atoms with Gasteiger partial charge in [0.15, 0.2) is 0 Å². The molecule has 0 unspecified atom stereocenters. The molecular formula is C25H29ClF3N5O3. The molecule has 3 rings (SSSR count). The standard InChI is InChI=1S/C25H29ClF3N5O3/c1-15(2)31-24(37)33-21-8-5-17(25(27,28)29)11-20(21)23(36)30-12-22(35)32-19-9-10-34(14-19)13-16-3-6-18(26)7-4-16/h3-8,11,15,19H,9-10,12-14H2,1-2H3,(H,30,36)(H,32,35)(H2,31,33,37)/t19-/m0/s1. The highest BCUT2D eigenvalue weighted by molar-refractivity contribution is 6.30. The molecule has 1 aliphatic heterocycles. The van der Waals surface area contributed by atoms with Crippen LogP contribution in [0.1, 0.15) is 41.8 Å².